The molecule has 7 nitrogen and oxygen atoms in total. The molecule has 1 spiro atoms. The maximum absolute atomic E-state index is 11.7. The van der Waals surface area contributed by atoms with Crippen LogP contribution < -0.4 is 0 Å². The van der Waals surface area contributed by atoms with E-state index < -0.39 is 17.7 Å². The number of rotatable bonds is 6. The molecule has 6 rings (SSSR count). The lowest BCUT2D eigenvalue weighted by Gasteiger charge is -2.55. The third-order valence-corrected chi connectivity index (χ3v) is 11.4. The topological polar surface area (TPSA) is 91.3 Å². The minimum Gasteiger partial charge on any atom is -0.468 e. The van der Waals surface area contributed by atoms with Crippen LogP contribution >= 0.6 is 0 Å². The first kappa shape index (κ1) is 34.0. The Morgan fingerprint density at radius 3 is 2.36 bits per heavy atom. The van der Waals surface area contributed by atoms with Gasteiger partial charge in [-0.3, -0.25) is 4.79 Å². The summed E-state index contributed by atoms with van der Waals surface area (Å²) in [5.41, 5.74) is 5.71. The van der Waals surface area contributed by atoms with Crippen LogP contribution in [0.1, 0.15) is 95.6 Å². The zero-order valence-corrected chi connectivity index (χ0v) is 28.2. The van der Waals surface area contributed by atoms with E-state index in [0.29, 0.717) is 36.4 Å². The van der Waals surface area contributed by atoms with Crippen LogP contribution in [0.25, 0.3) is 6.08 Å². The Kier molecular flexibility index (Phi) is 10.4. The van der Waals surface area contributed by atoms with Crippen molar-refractivity contribution >= 4 is 18.3 Å². The molecule has 248 valence electrons. The highest BCUT2D eigenvalue weighted by Crippen LogP contribution is 2.65. The Hall–Kier alpha value is -2.32. The number of hydrogen-bond acceptors (Lipinski definition) is 7. The summed E-state index contributed by atoms with van der Waals surface area (Å²) in [5.74, 6) is 0.202. The minimum atomic E-state index is -0.769. The first-order chi connectivity index (χ1) is 21.5. The van der Waals surface area contributed by atoms with Crippen molar-refractivity contribution in [2.75, 3.05) is 34.5 Å². The van der Waals surface area contributed by atoms with E-state index in [1.807, 2.05) is 12.2 Å². The summed E-state index contributed by atoms with van der Waals surface area (Å²) < 4.78 is 21.9. The van der Waals surface area contributed by atoms with Crippen LogP contribution in [0, 0.1) is 34.5 Å². The van der Waals surface area contributed by atoms with Crippen molar-refractivity contribution in [1.82, 2.24) is 0 Å². The molecule has 1 saturated heterocycles. The fourth-order valence-corrected chi connectivity index (χ4v) is 9.05. The highest BCUT2D eigenvalue weighted by atomic mass is 16.7. The average molecular weight is 623 g/mol. The Bertz CT molecular complexity index is 1250. The Morgan fingerprint density at radius 1 is 1.02 bits per heavy atom. The van der Waals surface area contributed by atoms with E-state index in [0.717, 1.165) is 57.3 Å². The van der Waals surface area contributed by atoms with Crippen LogP contribution in [0.2, 0.25) is 0 Å². The molecule has 0 aromatic heterocycles. The molecule has 5 aliphatic rings. The molecule has 1 heterocycles. The second kappa shape index (κ2) is 13.8. The molecule has 1 N–H and O–H groups in total. The first-order valence-electron chi connectivity index (χ1n) is 16.9. The quantitative estimate of drug-likeness (QED) is 0.160. The smallest absolute Gasteiger partial charge is 0.316 e. The highest BCUT2D eigenvalue weighted by Gasteiger charge is 2.57. The van der Waals surface area contributed by atoms with Crippen LogP contribution in [0.15, 0.2) is 41.5 Å². The number of ether oxygens (including phenoxy) is 4. The molecule has 1 aromatic carbocycles. The number of methoxy groups -OCH3 is 2. The molecule has 7 atom stereocenters. The summed E-state index contributed by atoms with van der Waals surface area (Å²) >= 11 is 0. The standard InChI is InChI=1S/C36H48O6.C2H6O/c1-34(2)21-41-36(42-22-34)17-16-27-25(18-36)12-13-28-30-14-15-31(38)35(30,3)19-29(32(27)28)24-10-8-23(9-11-24)6-5-7-26(20-37)33(39)40-4;1-3-2/h5-6,8-11,20,25-26,28-31,38H,7,12-19,21-22H2,1-4H3;1-2H3/b6-5+;. The largest absolute Gasteiger partial charge is 0.468 e. The van der Waals surface area contributed by atoms with Gasteiger partial charge in [0.1, 0.15) is 12.2 Å². The lowest BCUT2D eigenvalue weighted by atomic mass is 9.52. The third-order valence-electron chi connectivity index (χ3n) is 11.4. The van der Waals surface area contributed by atoms with Crippen LogP contribution in [0.4, 0.5) is 0 Å². The van der Waals surface area contributed by atoms with Gasteiger partial charge >= 0.3 is 5.97 Å². The van der Waals surface area contributed by atoms with E-state index in [9.17, 15) is 14.7 Å². The number of aldehydes is 1. The maximum Gasteiger partial charge on any atom is 0.316 e. The minimum absolute atomic E-state index is 0.0560. The average Bonchev–Trinajstić information content (AvgIpc) is 3.34. The lowest BCUT2D eigenvalue weighted by Crippen LogP contribution is -2.52. The van der Waals surface area contributed by atoms with Gasteiger partial charge in [-0.1, -0.05) is 68.3 Å². The van der Waals surface area contributed by atoms with Crippen molar-refractivity contribution in [2.24, 2.45) is 34.5 Å². The normalized spacial score (nSPS) is 33.8. The van der Waals surface area contributed by atoms with Crippen molar-refractivity contribution in [3.63, 3.8) is 0 Å². The van der Waals surface area contributed by atoms with E-state index in [4.69, 9.17) is 14.2 Å². The molecule has 3 saturated carbocycles. The molecule has 0 bridgehead atoms. The van der Waals surface area contributed by atoms with E-state index in [1.165, 1.54) is 25.5 Å². The fraction of sp³-hybridized carbons (Fsp3) is 0.684. The highest BCUT2D eigenvalue weighted by molar-refractivity contribution is 5.87. The Balaban J connectivity index is 0.00000128. The molecule has 7 heteroatoms. The van der Waals surface area contributed by atoms with Gasteiger partial charge in [0, 0.05) is 38.4 Å². The monoisotopic (exact) mass is 622 g/mol. The summed E-state index contributed by atoms with van der Waals surface area (Å²) in [5, 5.41) is 11.2. The summed E-state index contributed by atoms with van der Waals surface area (Å²) in [6.07, 6.45) is 12.9. The van der Waals surface area contributed by atoms with Gasteiger partial charge in [-0.15, -0.1) is 0 Å². The van der Waals surface area contributed by atoms with E-state index in [2.05, 4.69) is 49.8 Å². The molecule has 4 aliphatic carbocycles. The van der Waals surface area contributed by atoms with Crippen molar-refractivity contribution in [3.05, 3.63) is 52.6 Å². The number of carbonyl (C=O) groups excluding carboxylic acids is 2. The fourth-order valence-electron chi connectivity index (χ4n) is 9.05. The van der Waals surface area contributed by atoms with Gasteiger partial charge in [-0.05, 0) is 79.2 Å². The molecule has 45 heavy (non-hydrogen) atoms. The summed E-state index contributed by atoms with van der Waals surface area (Å²) in [6, 6.07) is 8.78. The third kappa shape index (κ3) is 6.88. The van der Waals surface area contributed by atoms with Crippen LogP contribution in [0.5, 0.6) is 0 Å². The van der Waals surface area contributed by atoms with E-state index >= 15 is 0 Å². The van der Waals surface area contributed by atoms with Gasteiger partial charge in [0.15, 0.2) is 5.79 Å². The van der Waals surface area contributed by atoms with Gasteiger partial charge in [0.25, 0.3) is 0 Å². The number of benzene rings is 1. The summed E-state index contributed by atoms with van der Waals surface area (Å²) in [7, 11) is 4.55. The molecule has 1 aromatic rings. The van der Waals surface area contributed by atoms with Crippen LogP contribution in [0.3, 0.4) is 0 Å². The van der Waals surface area contributed by atoms with E-state index in [-0.39, 0.29) is 16.9 Å². The van der Waals surface area contributed by atoms with Crippen molar-refractivity contribution < 1.29 is 33.6 Å². The molecule has 0 radical (unpaired) electrons. The van der Waals surface area contributed by atoms with E-state index in [1.54, 1.807) is 25.4 Å². The summed E-state index contributed by atoms with van der Waals surface area (Å²) in [6.45, 7) is 8.29. The number of allylic oxidation sites excluding steroid dienone is 3. The predicted octanol–water partition coefficient (Wildman–Crippen LogP) is 6.88. The SMILES string of the molecule is COC.COC(=O)C(C=O)C/C=C/c1ccc(C2CC3(C)C(O)CCC3C3CCC4CC5(CCC4=C23)OCC(C)(C)CO5)cc1. The van der Waals surface area contributed by atoms with Crippen LogP contribution in [-0.2, 0) is 28.5 Å². The number of carbonyl (C=O) groups is 2. The van der Waals surface area contributed by atoms with Crippen LogP contribution in [-0.4, -0.2) is 63.8 Å². The van der Waals surface area contributed by atoms with Gasteiger partial charge in [-0.25, -0.2) is 0 Å². The van der Waals surface area contributed by atoms with Crippen molar-refractivity contribution in [2.45, 2.75) is 96.4 Å². The molecular weight excluding hydrogens is 568 g/mol. The van der Waals surface area contributed by atoms with Gasteiger partial charge < -0.3 is 28.8 Å². The Morgan fingerprint density at radius 2 is 1.71 bits per heavy atom. The van der Waals surface area contributed by atoms with Gasteiger partial charge in [0.2, 0.25) is 0 Å². The zero-order valence-electron chi connectivity index (χ0n) is 28.2. The summed E-state index contributed by atoms with van der Waals surface area (Å²) in [4.78, 5) is 23.0. The second-order valence-electron chi connectivity index (χ2n) is 15.2. The molecular formula is C38H54O7. The van der Waals surface area contributed by atoms with Gasteiger partial charge in [0.05, 0.1) is 26.4 Å². The predicted molar refractivity (Wildman–Crippen MR) is 174 cm³/mol. The van der Waals surface area contributed by atoms with Crippen molar-refractivity contribution in [1.29, 1.82) is 0 Å². The number of hydrogen-bond donors (Lipinski definition) is 1. The molecule has 0 amide bonds. The number of aliphatic hydroxyl groups excluding tert-OH is 1. The second-order valence-corrected chi connectivity index (χ2v) is 15.2. The number of esters is 1. The molecule has 7 unspecified atom stereocenters. The van der Waals surface area contributed by atoms with Crippen molar-refractivity contribution in [3.8, 4) is 0 Å². The molecule has 1 aliphatic heterocycles. The first-order valence-corrected chi connectivity index (χ1v) is 16.9. The maximum atomic E-state index is 11.7. The zero-order chi connectivity index (χ0) is 32.4. The number of aliphatic hydroxyl groups is 1. The number of fused-ring (bicyclic) bond motifs is 4. The molecule has 4 fully saturated rings. The van der Waals surface area contributed by atoms with Gasteiger partial charge in [-0.2, -0.15) is 0 Å². The lowest BCUT2D eigenvalue weighted by molar-refractivity contribution is -0.312. The Labute approximate surface area is 269 Å².